The van der Waals surface area contributed by atoms with Gasteiger partial charge in [0.05, 0.1) is 15.8 Å². The first kappa shape index (κ1) is 28.1. The number of carbonyl (C=O) groups excluding carboxylic acids is 2. The second-order valence-corrected chi connectivity index (χ2v) is 11.3. The Morgan fingerprint density at radius 2 is 1.70 bits per heavy atom. The molecule has 1 N–H and O–H groups in total. The minimum atomic E-state index is -0.620. The Labute approximate surface area is 220 Å². The summed E-state index contributed by atoms with van der Waals surface area (Å²) in [7, 11) is 0. The molecule has 0 radical (unpaired) electrons. The van der Waals surface area contributed by atoms with Crippen LogP contribution in [0.25, 0.3) is 0 Å². The molecule has 2 rings (SSSR count). The third-order valence-electron chi connectivity index (χ3n) is 4.72. The molecule has 0 aliphatic rings. The molecule has 0 fully saturated rings. The summed E-state index contributed by atoms with van der Waals surface area (Å²) in [4.78, 5) is 27.9. The average Bonchev–Trinajstić information content (AvgIpc) is 2.70. The molecule has 4 nitrogen and oxygen atoms in total. The number of nitrogens with one attached hydrogen (secondary N) is 1. The van der Waals surface area contributed by atoms with Gasteiger partial charge in [0.15, 0.2) is 0 Å². The fraction of sp³-hybridized carbons (Fsp3) is 0.417. The highest BCUT2D eigenvalue weighted by atomic mass is 35.5. The van der Waals surface area contributed by atoms with Crippen LogP contribution < -0.4 is 5.32 Å². The lowest BCUT2D eigenvalue weighted by Gasteiger charge is -2.33. The Balaban J connectivity index is 2.20. The molecule has 33 heavy (non-hydrogen) atoms. The fourth-order valence-electron chi connectivity index (χ4n) is 3.18. The van der Waals surface area contributed by atoms with Crippen LogP contribution in [0.2, 0.25) is 20.1 Å². The topological polar surface area (TPSA) is 49.4 Å². The monoisotopic (exact) mass is 548 g/mol. The van der Waals surface area contributed by atoms with Crippen LogP contribution in [0.4, 0.5) is 0 Å². The summed E-state index contributed by atoms with van der Waals surface area (Å²) in [5.74, 6) is 0.406. The Bertz CT molecular complexity index is 995. The Morgan fingerprint density at radius 3 is 2.27 bits per heavy atom. The summed E-state index contributed by atoms with van der Waals surface area (Å²) in [5, 5.41) is 4.95. The highest BCUT2D eigenvalue weighted by Gasteiger charge is 2.30. The Hall–Kier alpha value is -1.11. The molecule has 2 aromatic carbocycles. The van der Waals surface area contributed by atoms with Crippen molar-refractivity contribution in [2.75, 3.05) is 5.75 Å². The maximum atomic E-state index is 13.3. The van der Waals surface area contributed by atoms with Crippen LogP contribution in [0.1, 0.15) is 45.2 Å². The van der Waals surface area contributed by atoms with Gasteiger partial charge in [-0.1, -0.05) is 65.5 Å². The summed E-state index contributed by atoms with van der Waals surface area (Å²) in [6.07, 6.45) is 0.475. The Morgan fingerprint density at radius 1 is 1.00 bits per heavy atom. The van der Waals surface area contributed by atoms with Gasteiger partial charge >= 0.3 is 0 Å². The van der Waals surface area contributed by atoms with Gasteiger partial charge in [0.2, 0.25) is 11.8 Å². The van der Waals surface area contributed by atoms with Crippen molar-refractivity contribution in [2.24, 2.45) is 0 Å². The molecule has 0 saturated carbocycles. The van der Waals surface area contributed by atoms with Crippen molar-refractivity contribution in [3.05, 3.63) is 67.6 Å². The zero-order chi connectivity index (χ0) is 24.8. The molecule has 0 heterocycles. The average molecular weight is 550 g/mol. The second-order valence-electron chi connectivity index (χ2n) is 8.66. The minimum Gasteiger partial charge on any atom is -0.350 e. The first-order valence-electron chi connectivity index (χ1n) is 10.5. The highest BCUT2D eigenvalue weighted by molar-refractivity contribution is 7.99. The lowest BCUT2D eigenvalue weighted by atomic mass is 10.1. The highest BCUT2D eigenvalue weighted by Crippen LogP contribution is 2.27. The maximum Gasteiger partial charge on any atom is 0.243 e. The number of benzene rings is 2. The normalized spacial score (nSPS) is 12.4. The van der Waals surface area contributed by atoms with E-state index in [0.29, 0.717) is 32.3 Å². The zero-order valence-electron chi connectivity index (χ0n) is 19.1. The lowest BCUT2D eigenvalue weighted by molar-refractivity contribution is -0.140. The van der Waals surface area contributed by atoms with Gasteiger partial charge in [0.25, 0.3) is 0 Å². The van der Waals surface area contributed by atoms with Crippen LogP contribution in [0, 0.1) is 0 Å². The molecule has 0 aliphatic carbocycles. The number of thioether (sulfide) groups is 1. The molecule has 0 spiro atoms. The summed E-state index contributed by atoms with van der Waals surface area (Å²) in [6.45, 7) is 7.87. The summed E-state index contributed by atoms with van der Waals surface area (Å²) >= 11 is 25.9. The smallest absolute Gasteiger partial charge is 0.243 e. The minimum absolute atomic E-state index is 0.146. The van der Waals surface area contributed by atoms with Crippen molar-refractivity contribution in [2.45, 2.75) is 58.0 Å². The summed E-state index contributed by atoms with van der Waals surface area (Å²) < 4.78 is 0. The van der Waals surface area contributed by atoms with Crippen molar-refractivity contribution < 1.29 is 9.59 Å². The molecule has 0 aliphatic heterocycles. The second kappa shape index (κ2) is 12.6. The number of hydrogen-bond donors (Lipinski definition) is 1. The van der Waals surface area contributed by atoms with Gasteiger partial charge < -0.3 is 10.2 Å². The molecule has 9 heteroatoms. The quantitative estimate of drug-likeness (QED) is 0.358. The van der Waals surface area contributed by atoms with E-state index in [4.69, 9.17) is 46.4 Å². The fourth-order valence-corrected chi connectivity index (χ4v) is 4.97. The molecule has 2 amide bonds. The molecule has 180 valence electrons. The SMILES string of the molecule is CCC(C(=O)NC(C)(C)C)N(Cc1ccc(Cl)c(Cl)c1)C(=O)CSCc1ccc(Cl)cc1Cl. The molecular weight excluding hydrogens is 522 g/mol. The van der Waals surface area contributed by atoms with Crippen LogP contribution in [-0.2, 0) is 21.9 Å². The number of nitrogens with zero attached hydrogens (tertiary/aromatic N) is 1. The summed E-state index contributed by atoms with van der Waals surface area (Å²) in [6, 6.07) is 9.90. The first-order chi connectivity index (χ1) is 15.4. The molecule has 1 unspecified atom stereocenters. The standard InChI is InChI=1S/C24H28Cl4N2O2S/c1-5-21(23(32)29-24(2,3)4)30(12-15-6-9-18(26)20(28)10-15)22(31)14-33-13-16-7-8-17(25)11-19(16)27/h6-11,21H,5,12-14H2,1-4H3,(H,29,32). The van der Waals surface area contributed by atoms with Crippen LogP contribution in [0.3, 0.4) is 0 Å². The predicted molar refractivity (Wildman–Crippen MR) is 142 cm³/mol. The predicted octanol–water partition coefficient (Wildman–Crippen LogP) is 7.26. The van der Waals surface area contributed by atoms with E-state index in [1.807, 2.05) is 39.8 Å². The van der Waals surface area contributed by atoms with E-state index < -0.39 is 11.6 Å². The molecular formula is C24H28Cl4N2O2S. The van der Waals surface area contributed by atoms with E-state index in [2.05, 4.69) is 5.32 Å². The van der Waals surface area contributed by atoms with Crippen molar-refractivity contribution in [3.8, 4) is 0 Å². The van der Waals surface area contributed by atoms with Crippen LogP contribution in [0.5, 0.6) is 0 Å². The number of amides is 2. The van der Waals surface area contributed by atoms with E-state index in [1.54, 1.807) is 29.2 Å². The van der Waals surface area contributed by atoms with Gasteiger partial charge in [0.1, 0.15) is 6.04 Å². The van der Waals surface area contributed by atoms with E-state index in [-0.39, 0.29) is 24.1 Å². The maximum absolute atomic E-state index is 13.3. The van der Waals surface area contributed by atoms with Gasteiger partial charge in [0, 0.05) is 27.9 Å². The van der Waals surface area contributed by atoms with Crippen molar-refractivity contribution in [1.82, 2.24) is 10.2 Å². The van der Waals surface area contributed by atoms with Gasteiger partial charge in [-0.2, -0.15) is 0 Å². The van der Waals surface area contributed by atoms with Crippen LogP contribution in [0.15, 0.2) is 36.4 Å². The van der Waals surface area contributed by atoms with E-state index in [9.17, 15) is 9.59 Å². The van der Waals surface area contributed by atoms with Gasteiger partial charge in [-0.25, -0.2) is 0 Å². The van der Waals surface area contributed by atoms with Gasteiger partial charge in [-0.15, -0.1) is 11.8 Å². The first-order valence-corrected chi connectivity index (χ1v) is 13.1. The lowest BCUT2D eigenvalue weighted by Crippen LogP contribution is -2.53. The van der Waals surface area contributed by atoms with Crippen molar-refractivity contribution in [1.29, 1.82) is 0 Å². The van der Waals surface area contributed by atoms with Gasteiger partial charge in [-0.3, -0.25) is 9.59 Å². The summed E-state index contributed by atoms with van der Waals surface area (Å²) in [5.41, 5.74) is 1.28. The third-order valence-corrected chi connectivity index (χ3v) is 7.01. The van der Waals surface area contributed by atoms with Crippen molar-refractivity contribution >= 4 is 70.0 Å². The van der Waals surface area contributed by atoms with Crippen molar-refractivity contribution in [3.63, 3.8) is 0 Å². The van der Waals surface area contributed by atoms with Crippen LogP contribution >= 0.6 is 58.2 Å². The van der Waals surface area contributed by atoms with E-state index in [1.165, 1.54) is 11.8 Å². The molecule has 0 aromatic heterocycles. The third kappa shape index (κ3) is 8.88. The molecule has 1 atom stereocenters. The number of hydrogen-bond acceptors (Lipinski definition) is 3. The molecule has 2 aromatic rings. The van der Waals surface area contributed by atoms with Gasteiger partial charge in [-0.05, 0) is 62.6 Å². The van der Waals surface area contributed by atoms with Crippen LogP contribution in [-0.4, -0.2) is 34.0 Å². The van der Waals surface area contributed by atoms with E-state index in [0.717, 1.165) is 11.1 Å². The molecule has 0 bridgehead atoms. The largest absolute Gasteiger partial charge is 0.350 e. The Kier molecular flexibility index (Phi) is 10.7. The number of carbonyl (C=O) groups is 2. The molecule has 0 saturated heterocycles. The zero-order valence-corrected chi connectivity index (χ0v) is 22.9. The number of halogens is 4. The number of rotatable bonds is 9. The van der Waals surface area contributed by atoms with E-state index >= 15 is 0 Å².